The van der Waals surface area contributed by atoms with Gasteiger partial charge in [-0.2, -0.15) is 0 Å². The molecule has 2 aromatic carbocycles. The summed E-state index contributed by atoms with van der Waals surface area (Å²) in [4.78, 5) is 27.8. The van der Waals surface area contributed by atoms with E-state index >= 15 is 0 Å². The van der Waals surface area contributed by atoms with Crippen molar-refractivity contribution >= 4 is 17.7 Å². The van der Waals surface area contributed by atoms with Crippen LogP contribution in [0.3, 0.4) is 0 Å². The molecule has 6 heteroatoms. The minimum absolute atomic E-state index is 0.215. The van der Waals surface area contributed by atoms with Crippen LogP contribution < -0.4 is 10.2 Å². The minimum Gasteiger partial charge on any atom is -0.444 e. The van der Waals surface area contributed by atoms with E-state index in [0.717, 1.165) is 22.4 Å². The summed E-state index contributed by atoms with van der Waals surface area (Å²) in [5.41, 5.74) is 2.75. The number of benzene rings is 2. The molecule has 1 N–H and O–H groups in total. The first-order valence-electron chi connectivity index (χ1n) is 9.89. The summed E-state index contributed by atoms with van der Waals surface area (Å²) in [6, 6.07) is 14.6. The predicted octanol–water partition coefficient (Wildman–Crippen LogP) is 4.30. The Bertz CT molecular complexity index is 888. The first-order chi connectivity index (χ1) is 13.8. The Morgan fingerprint density at radius 3 is 2.41 bits per heavy atom. The van der Waals surface area contributed by atoms with E-state index in [1.165, 1.54) is 0 Å². The average molecular weight is 396 g/mol. The Hall–Kier alpha value is -2.86. The number of fused-ring (bicyclic) bond motifs is 3. The SMILES string of the molecule is CCOCCN1C(=O)[C@@H](NC(=O)OC(C)(C)C)c2ccccc2-c2ccccc21. The van der Waals surface area contributed by atoms with E-state index in [1.54, 1.807) is 25.7 Å². The largest absolute Gasteiger partial charge is 0.444 e. The van der Waals surface area contributed by atoms with Gasteiger partial charge in [0, 0.05) is 18.7 Å². The number of rotatable bonds is 5. The number of hydrogen-bond acceptors (Lipinski definition) is 4. The zero-order valence-electron chi connectivity index (χ0n) is 17.4. The smallest absolute Gasteiger partial charge is 0.408 e. The topological polar surface area (TPSA) is 67.9 Å². The fourth-order valence-electron chi connectivity index (χ4n) is 3.43. The lowest BCUT2D eigenvalue weighted by molar-refractivity contribution is -0.121. The molecule has 0 spiro atoms. The maximum atomic E-state index is 13.6. The number of nitrogens with one attached hydrogen (secondary N) is 1. The van der Waals surface area contributed by atoms with Crippen LogP contribution in [0, 0.1) is 0 Å². The van der Waals surface area contributed by atoms with Gasteiger partial charge >= 0.3 is 6.09 Å². The van der Waals surface area contributed by atoms with Crippen molar-refractivity contribution in [1.29, 1.82) is 0 Å². The third-order valence-electron chi connectivity index (χ3n) is 4.59. The molecule has 3 rings (SSSR count). The second-order valence-electron chi connectivity index (χ2n) is 7.87. The second kappa shape index (κ2) is 8.66. The van der Waals surface area contributed by atoms with E-state index < -0.39 is 17.7 Å². The quantitative estimate of drug-likeness (QED) is 0.765. The lowest BCUT2D eigenvalue weighted by Crippen LogP contribution is -2.45. The normalized spacial score (nSPS) is 15.9. The van der Waals surface area contributed by atoms with Crippen molar-refractivity contribution in [3.8, 4) is 11.1 Å². The number of alkyl carbamates (subject to hydrolysis) is 1. The standard InChI is InChI=1S/C23H28N2O4/c1-5-28-15-14-25-19-13-9-8-11-17(19)16-10-6-7-12-18(16)20(21(25)26)24-22(27)29-23(2,3)4/h6-13,20H,5,14-15H2,1-4H3,(H,24,27)/t20-/m0/s1. The van der Waals surface area contributed by atoms with Crippen LogP contribution in [0.15, 0.2) is 48.5 Å². The van der Waals surface area contributed by atoms with Gasteiger partial charge in [-0.1, -0.05) is 42.5 Å². The zero-order chi connectivity index (χ0) is 21.0. The molecule has 1 aliphatic rings. The number of hydrogen-bond donors (Lipinski definition) is 1. The lowest BCUT2D eigenvalue weighted by Gasteiger charge is -2.27. The van der Waals surface area contributed by atoms with E-state index in [9.17, 15) is 9.59 Å². The Kier molecular flexibility index (Phi) is 6.23. The lowest BCUT2D eigenvalue weighted by atomic mass is 9.95. The highest BCUT2D eigenvalue weighted by molar-refractivity contribution is 6.06. The molecule has 2 amide bonds. The molecule has 0 unspecified atom stereocenters. The molecule has 0 radical (unpaired) electrons. The van der Waals surface area contributed by atoms with Crippen LogP contribution >= 0.6 is 0 Å². The number of amides is 2. The maximum Gasteiger partial charge on any atom is 0.408 e. The molecule has 0 bridgehead atoms. The average Bonchev–Trinajstić information content (AvgIpc) is 2.76. The third-order valence-corrected chi connectivity index (χ3v) is 4.59. The summed E-state index contributed by atoms with van der Waals surface area (Å²) < 4.78 is 10.9. The number of anilines is 1. The molecule has 154 valence electrons. The van der Waals surface area contributed by atoms with Crippen molar-refractivity contribution < 1.29 is 19.1 Å². The van der Waals surface area contributed by atoms with E-state index in [0.29, 0.717) is 19.8 Å². The van der Waals surface area contributed by atoms with Gasteiger partial charge in [0.2, 0.25) is 0 Å². The van der Waals surface area contributed by atoms with Crippen LogP contribution in [0.2, 0.25) is 0 Å². The van der Waals surface area contributed by atoms with Crippen LogP contribution in [0.25, 0.3) is 11.1 Å². The molecule has 0 aromatic heterocycles. The Morgan fingerprint density at radius 1 is 1.07 bits per heavy atom. The summed E-state index contributed by atoms with van der Waals surface area (Å²) in [5.74, 6) is -0.215. The number of carbonyl (C=O) groups is 2. The summed E-state index contributed by atoms with van der Waals surface area (Å²) in [5, 5.41) is 2.78. The molecule has 6 nitrogen and oxygen atoms in total. The Labute approximate surface area is 171 Å². The molecule has 0 fully saturated rings. The third kappa shape index (κ3) is 4.77. The van der Waals surface area contributed by atoms with E-state index in [4.69, 9.17) is 9.47 Å². The molecule has 1 heterocycles. The van der Waals surface area contributed by atoms with Gasteiger partial charge in [0.1, 0.15) is 11.6 Å². The van der Waals surface area contributed by atoms with Crippen LogP contribution in [0.5, 0.6) is 0 Å². The number of nitrogens with zero attached hydrogens (tertiary/aromatic N) is 1. The fraction of sp³-hybridized carbons (Fsp3) is 0.391. The van der Waals surface area contributed by atoms with E-state index in [1.807, 2.05) is 55.5 Å². The van der Waals surface area contributed by atoms with Gasteiger partial charge in [0.05, 0.1) is 12.3 Å². The molecule has 0 saturated carbocycles. The van der Waals surface area contributed by atoms with E-state index in [2.05, 4.69) is 5.32 Å². The molecular weight excluding hydrogens is 368 g/mol. The van der Waals surface area contributed by atoms with Gasteiger partial charge in [-0.25, -0.2) is 4.79 Å². The molecular formula is C23H28N2O4. The van der Waals surface area contributed by atoms with Crippen LogP contribution in [-0.4, -0.2) is 37.4 Å². The van der Waals surface area contributed by atoms with Crippen LogP contribution in [-0.2, 0) is 14.3 Å². The van der Waals surface area contributed by atoms with E-state index in [-0.39, 0.29) is 5.91 Å². The molecule has 0 saturated heterocycles. The molecule has 2 aromatic rings. The van der Waals surface area contributed by atoms with Gasteiger partial charge in [-0.15, -0.1) is 0 Å². The van der Waals surface area contributed by atoms with Crippen LogP contribution in [0.1, 0.15) is 39.3 Å². The molecule has 1 aliphatic heterocycles. The van der Waals surface area contributed by atoms with Gasteiger partial charge in [-0.3, -0.25) is 4.79 Å². The van der Waals surface area contributed by atoms with Crippen molar-refractivity contribution in [3.05, 3.63) is 54.1 Å². The molecule has 1 atom stereocenters. The van der Waals surface area contributed by atoms with Gasteiger partial charge in [-0.05, 0) is 44.9 Å². The number of para-hydroxylation sites is 1. The highest BCUT2D eigenvalue weighted by Crippen LogP contribution is 2.40. The first-order valence-corrected chi connectivity index (χ1v) is 9.89. The van der Waals surface area contributed by atoms with Crippen molar-refractivity contribution in [3.63, 3.8) is 0 Å². The highest BCUT2D eigenvalue weighted by atomic mass is 16.6. The summed E-state index contributed by atoms with van der Waals surface area (Å²) in [6.07, 6.45) is -0.624. The molecule has 0 aliphatic carbocycles. The second-order valence-corrected chi connectivity index (χ2v) is 7.87. The van der Waals surface area contributed by atoms with Crippen molar-refractivity contribution in [2.75, 3.05) is 24.7 Å². The summed E-state index contributed by atoms with van der Waals surface area (Å²) >= 11 is 0. The van der Waals surface area contributed by atoms with Crippen molar-refractivity contribution in [1.82, 2.24) is 5.32 Å². The van der Waals surface area contributed by atoms with Crippen molar-refractivity contribution in [2.24, 2.45) is 0 Å². The Morgan fingerprint density at radius 2 is 1.72 bits per heavy atom. The van der Waals surface area contributed by atoms with Gasteiger partial charge in [0.15, 0.2) is 0 Å². The predicted molar refractivity (Wildman–Crippen MR) is 113 cm³/mol. The first kappa shape index (κ1) is 20.9. The fourth-order valence-corrected chi connectivity index (χ4v) is 3.43. The monoisotopic (exact) mass is 396 g/mol. The Balaban J connectivity index is 2.04. The summed E-state index contributed by atoms with van der Waals surface area (Å²) in [7, 11) is 0. The minimum atomic E-state index is -0.852. The number of carbonyl (C=O) groups excluding carboxylic acids is 2. The van der Waals surface area contributed by atoms with Gasteiger partial charge < -0.3 is 19.7 Å². The van der Waals surface area contributed by atoms with Crippen LogP contribution in [0.4, 0.5) is 10.5 Å². The van der Waals surface area contributed by atoms with Crippen molar-refractivity contribution in [2.45, 2.75) is 39.3 Å². The maximum absolute atomic E-state index is 13.6. The summed E-state index contributed by atoms with van der Waals surface area (Å²) in [6.45, 7) is 8.67. The van der Waals surface area contributed by atoms with Gasteiger partial charge in [0.25, 0.3) is 5.91 Å². The molecule has 29 heavy (non-hydrogen) atoms. The highest BCUT2D eigenvalue weighted by Gasteiger charge is 2.35. The zero-order valence-corrected chi connectivity index (χ0v) is 17.4. The number of ether oxygens (including phenoxy) is 2.